The molecule has 0 saturated heterocycles. The van der Waals surface area contributed by atoms with Crippen LogP contribution in [-0.4, -0.2) is 15.0 Å². The van der Waals surface area contributed by atoms with Gasteiger partial charge in [-0.3, -0.25) is 0 Å². The normalized spacial score (nSPS) is 16.0. The van der Waals surface area contributed by atoms with E-state index < -0.39 is 10.0 Å². The first kappa shape index (κ1) is 13.1. The molecule has 1 N–H and O–H groups in total. The van der Waals surface area contributed by atoms with Crippen molar-refractivity contribution < 1.29 is 8.42 Å². The van der Waals surface area contributed by atoms with Crippen LogP contribution in [0.3, 0.4) is 0 Å². The lowest BCUT2D eigenvalue weighted by Gasteiger charge is -2.25. The molecule has 0 aromatic heterocycles. The van der Waals surface area contributed by atoms with Crippen LogP contribution in [-0.2, 0) is 10.0 Å². The van der Waals surface area contributed by atoms with E-state index in [9.17, 15) is 8.42 Å². The average Bonchev–Trinajstić information content (AvgIpc) is 2.27. The van der Waals surface area contributed by atoms with Crippen LogP contribution in [0.2, 0.25) is 0 Å². The van der Waals surface area contributed by atoms with Crippen LogP contribution in [0.1, 0.15) is 30.4 Å². The maximum absolute atomic E-state index is 12.1. The number of sulfonamides is 1. The van der Waals surface area contributed by atoms with Gasteiger partial charge in [0.05, 0.1) is 16.5 Å². The number of hydrogen-bond donors (Lipinski definition) is 1. The van der Waals surface area contributed by atoms with Gasteiger partial charge in [0.2, 0.25) is 10.0 Å². The van der Waals surface area contributed by atoms with Crippen molar-refractivity contribution in [2.45, 2.75) is 31.1 Å². The molecule has 2 rings (SSSR count). The van der Waals surface area contributed by atoms with Gasteiger partial charge in [-0.2, -0.15) is 5.26 Å². The lowest BCUT2D eigenvalue weighted by Crippen LogP contribution is -2.32. The molecular formula is C13H16N2O2S. The van der Waals surface area contributed by atoms with E-state index in [1.54, 1.807) is 19.1 Å². The first-order valence-electron chi connectivity index (χ1n) is 6.03. The zero-order chi connectivity index (χ0) is 13.2. The second kappa shape index (κ2) is 5.09. The summed E-state index contributed by atoms with van der Waals surface area (Å²) in [5, 5.41) is 8.82. The molecule has 1 aliphatic rings. The van der Waals surface area contributed by atoms with Crippen molar-refractivity contribution in [3.63, 3.8) is 0 Å². The van der Waals surface area contributed by atoms with Crippen molar-refractivity contribution in [2.24, 2.45) is 5.92 Å². The molecule has 0 aliphatic heterocycles. The Hall–Kier alpha value is -1.38. The van der Waals surface area contributed by atoms with Gasteiger partial charge in [0.15, 0.2) is 0 Å². The quantitative estimate of drug-likeness (QED) is 0.903. The highest BCUT2D eigenvalue weighted by Gasteiger charge is 2.22. The molecule has 0 amide bonds. The van der Waals surface area contributed by atoms with Crippen molar-refractivity contribution in [2.75, 3.05) is 6.54 Å². The van der Waals surface area contributed by atoms with Crippen molar-refractivity contribution in [3.05, 3.63) is 29.3 Å². The Kier molecular flexibility index (Phi) is 3.69. The molecule has 1 fully saturated rings. The van der Waals surface area contributed by atoms with Gasteiger partial charge in [-0.05, 0) is 43.4 Å². The molecule has 1 aliphatic carbocycles. The topological polar surface area (TPSA) is 70.0 Å². The highest BCUT2D eigenvalue weighted by atomic mass is 32.2. The first-order chi connectivity index (χ1) is 8.53. The van der Waals surface area contributed by atoms with Crippen molar-refractivity contribution >= 4 is 10.0 Å². The molecule has 1 aromatic rings. The summed E-state index contributed by atoms with van der Waals surface area (Å²) in [6, 6.07) is 6.68. The zero-order valence-corrected chi connectivity index (χ0v) is 11.1. The smallest absolute Gasteiger partial charge is 0.211 e. The van der Waals surface area contributed by atoms with Gasteiger partial charge in [0.25, 0.3) is 0 Å². The van der Waals surface area contributed by atoms with Crippen LogP contribution >= 0.6 is 0 Å². The van der Waals surface area contributed by atoms with E-state index in [0.29, 0.717) is 23.6 Å². The van der Waals surface area contributed by atoms with E-state index in [0.717, 1.165) is 12.8 Å². The predicted molar refractivity (Wildman–Crippen MR) is 68.4 cm³/mol. The molecule has 0 spiro atoms. The van der Waals surface area contributed by atoms with Crippen LogP contribution in [0.5, 0.6) is 0 Å². The summed E-state index contributed by atoms with van der Waals surface area (Å²) < 4.78 is 26.9. The minimum absolute atomic E-state index is 0.209. The maximum Gasteiger partial charge on any atom is 0.240 e. The van der Waals surface area contributed by atoms with Gasteiger partial charge in [0, 0.05) is 6.54 Å². The number of hydrogen-bond acceptors (Lipinski definition) is 3. The number of nitrogens with one attached hydrogen (secondary N) is 1. The zero-order valence-electron chi connectivity index (χ0n) is 10.3. The number of nitrogens with zero attached hydrogens (tertiary/aromatic N) is 1. The number of nitriles is 1. The fourth-order valence-corrected chi connectivity index (χ4v) is 3.35. The molecular weight excluding hydrogens is 248 g/mol. The maximum atomic E-state index is 12.1. The van der Waals surface area contributed by atoms with Gasteiger partial charge in [-0.1, -0.05) is 12.5 Å². The van der Waals surface area contributed by atoms with E-state index >= 15 is 0 Å². The van der Waals surface area contributed by atoms with Crippen molar-refractivity contribution in [1.29, 1.82) is 5.26 Å². The van der Waals surface area contributed by atoms with Crippen LogP contribution < -0.4 is 4.72 Å². The summed E-state index contributed by atoms with van der Waals surface area (Å²) in [5.74, 6) is 0.472. The Morgan fingerprint density at radius 3 is 2.72 bits per heavy atom. The summed E-state index contributed by atoms with van der Waals surface area (Å²) in [6.07, 6.45) is 3.38. The molecule has 0 heterocycles. The van der Waals surface area contributed by atoms with E-state index in [1.165, 1.54) is 12.5 Å². The second-order valence-electron chi connectivity index (χ2n) is 4.74. The molecule has 1 saturated carbocycles. The number of benzene rings is 1. The minimum atomic E-state index is -3.50. The largest absolute Gasteiger partial charge is 0.240 e. The lowest BCUT2D eigenvalue weighted by atomic mass is 9.86. The molecule has 0 atom stereocenters. The molecule has 0 radical (unpaired) electrons. The van der Waals surface area contributed by atoms with Crippen LogP contribution in [0.15, 0.2) is 23.1 Å². The van der Waals surface area contributed by atoms with E-state index in [-0.39, 0.29) is 4.90 Å². The molecule has 18 heavy (non-hydrogen) atoms. The summed E-state index contributed by atoms with van der Waals surface area (Å²) in [7, 11) is -3.50. The second-order valence-corrected chi connectivity index (χ2v) is 6.48. The summed E-state index contributed by atoms with van der Waals surface area (Å²) in [4.78, 5) is 0.209. The Balaban J connectivity index is 2.20. The highest BCUT2D eigenvalue weighted by Crippen LogP contribution is 2.26. The molecule has 4 nitrogen and oxygen atoms in total. The highest BCUT2D eigenvalue weighted by molar-refractivity contribution is 7.89. The summed E-state index contributed by atoms with van der Waals surface area (Å²) in [5.41, 5.74) is 1.03. The monoisotopic (exact) mass is 264 g/mol. The number of rotatable bonds is 4. The van der Waals surface area contributed by atoms with Crippen LogP contribution in [0.4, 0.5) is 0 Å². The molecule has 1 aromatic carbocycles. The third-order valence-corrected chi connectivity index (χ3v) is 4.96. The van der Waals surface area contributed by atoms with E-state index in [2.05, 4.69) is 4.72 Å². The van der Waals surface area contributed by atoms with Gasteiger partial charge in [-0.15, -0.1) is 0 Å². The standard InChI is InChI=1S/C13H16N2O2S/c1-10-5-6-12(8-14)7-13(10)18(16,17)15-9-11-3-2-4-11/h5-7,11,15H,2-4,9H2,1H3. The van der Waals surface area contributed by atoms with Gasteiger partial charge >= 0.3 is 0 Å². The SMILES string of the molecule is Cc1ccc(C#N)cc1S(=O)(=O)NCC1CCC1. The third kappa shape index (κ3) is 2.71. The van der Waals surface area contributed by atoms with Gasteiger partial charge in [-0.25, -0.2) is 13.1 Å². The lowest BCUT2D eigenvalue weighted by molar-refractivity contribution is 0.316. The van der Waals surface area contributed by atoms with Crippen LogP contribution in [0, 0.1) is 24.2 Å². The first-order valence-corrected chi connectivity index (χ1v) is 7.51. The van der Waals surface area contributed by atoms with E-state index in [4.69, 9.17) is 5.26 Å². The molecule has 5 heteroatoms. The van der Waals surface area contributed by atoms with Crippen molar-refractivity contribution in [3.8, 4) is 6.07 Å². The summed E-state index contributed by atoms with van der Waals surface area (Å²) >= 11 is 0. The Morgan fingerprint density at radius 2 is 2.17 bits per heavy atom. The van der Waals surface area contributed by atoms with Gasteiger partial charge < -0.3 is 0 Å². The molecule has 0 unspecified atom stereocenters. The van der Waals surface area contributed by atoms with Gasteiger partial charge in [0.1, 0.15) is 0 Å². The van der Waals surface area contributed by atoms with E-state index in [1.807, 2.05) is 6.07 Å². The fourth-order valence-electron chi connectivity index (χ4n) is 1.96. The minimum Gasteiger partial charge on any atom is -0.211 e. The Morgan fingerprint density at radius 1 is 1.44 bits per heavy atom. The number of aryl methyl sites for hydroxylation is 1. The predicted octanol–water partition coefficient (Wildman–Crippen LogP) is 1.95. The van der Waals surface area contributed by atoms with Crippen LogP contribution in [0.25, 0.3) is 0 Å². The summed E-state index contributed by atoms with van der Waals surface area (Å²) in [6.45, 7) is 2.23. The Labute approximate surface area is 108 Å². The average molecular weight is 264 g/mol. The third-order valence-electron chi connectivity index (χ3n) is 3.39. The fraction of sp³-hybridized carbons (Fsp3) is 0.462. The molecule has 0 bridgehead atoms. The van der Waals surface area contributed by atoms with Crippen molar-refractivity contribution in [1.82, 2.24) is 4.72 Å². The molecule has 96 valence electrons. The Bertz CT molecular complexity index is 583.